The number of hydrogen-bond donors (Lipinski definition) is 2. The van der Waals surface area contributed by atoms with Crippen molar-refractivity contribution < 1.29 is 14.6 Å². The predicted molar refractivity (Wildman–Crippen MR) is 82.9 cm³/mol. The minimum absolute atomic E-state index is 0.0528. The second kappa shape index (κ2) is 6.31. The molecule has 0 saturated carbocycles. The molecule has 0 unspecified atom stereocenters. The maximum absolute atomic E-state index is 11.9. The Morgan fingerprint density at radius 2 is 1.81 bits per heavy atom. The van der Waals surface area contributed by atoms with Crippen LogP contribution in [0.3, 0.4) is 0 Å². The number of hydrogen-bond acceptors (Lipinski definition) is 3. The summed E-state index contributed by atoms with van der Waals surface area (Å²) in [7, 11) is 0. The van der Waals surface area contributed by atoms with E-state index in [1.165, 1.54) is 11.6 Å². The third-order valence-corrected chi connectivity index (χ3v) is 3.33. The number of rotatable bonds is 4. The van der Waals surface area contributed by atoms with Crippen LogP contribution in [-0.2, 0) is 4.79 Å². The van der Waals surface area contributed by atoms with E-state index in [0.29, 0.717) is 11.4 Å². The van der Waals surface area contributed by atoms with Gasteiger partial charge in [0.1, 0.15) is 11.5 Å². The zero-order valence-corrected chi connectivity index (χ0v) is 12.4. The summed E-state index contributed by atoms with van der Waals surface area (Å²) >= 11 is 0. The van der Waals surface area contributed by atoms with E-state index in [1.807, 2.05) is 39.0 Å². The monoisotopic (exact) mass is 285 g/mol. The van der Waals surface area contributed by atoms with Gasteiger partial charge < -0.3 is 15.2 Å². The molecule has 0 saturated heterocycles. The van der Waals surface area contributed by atoms with Gasteiger partial charge in [-0.25, -0.2) is 0 Å². The van der Waals surface area contributed by atoms with Crippen LogP contribution < -0.4 is 10.1 Å². The van der Waals surface area contributed by atoms with Gasteiger partial charge in [-0.2, -0.15) is 0 Å². The van der Waals surface area contributed by atoms with Crippen LogP contribution >= 0.6 is 0 Å². The molecule has 0 fully saturated rings. The third-order valence-electron chi connectivity index (χ3n) is 3.33. The summed E-state index contributed by atoms with van der Waals surface area (Å²) in [5, 5.41) is 12.1. The zero-order chi connectivity index (χ0) is 15.4. The molecule has 0 aliphatic rings. The highest BCUT2D eigenvalue weighted by atomic mass is 16.5. The maximum Gasteiger partial charge on any atom is 0.262 e. The fourth-order valence-electron chi connectivity index (χ4n) is 1.93. The van der Waals surface area contributed by atoms with E-state index in [9.17, 15) is 9.90 Å². The second-order valence-electron chi connectivity index (χ2n) is 5.08. The number of aromatic hydroxyl groups is 1. The van der Waals surface area contributed by atoms with Crippen molar-refractivity contribution in [3.8, 4) is 11.5 Å². The van der Waals surface area contributed by atoms with Gasteiger partial charge in [0, 0.05) is 5.69 Å². The molecule has 1 amide bonds. The lowest BCUT2D eigenvalue weighted by molar-refractivity contribution is -0.118. The lowest BCUT2D eigenvalue weighted by Gasteiger charge is -2.10. The lowest BCUT2D eigenvalue weighted by atomic mass is 10.1. The molecular weight excluding hydrogens is 266 g/mol. The number of phenols is 1. The molecule has 110 valence electrons. The van der Waals surface area contributed by atoms with Crippen LogP contribution in [0.1, 0.15) is 16.7 Å². The first-order valence-electron chi connectivity index (χ1n) is 6.75. The van der Waals surface area contributed by atoms with Crippen LogP contribution in [-0.4, -0.2) is 17.6 Å². The quantitative estimate of drug-likeness (QED) is 0.847. The van der Waals surface area contributed by atoms with Crippen LogP contribution in [0.15, 0.2) is 36.4 Å². The Balaban J connectivity index is 1.94. The van der Waals surface area contributed by atoms with Crippen molar-refractivity contribution in [2.75, 3.05) is 11.9 Å². The van der Waals surface area contributed by atoms with Crippen molar-refractivity contribution in [1.82, 2.24) is 0 Å². The summed E-state index contributed by atoms with van der Waals surface area (Å²) in [5.74, 6) is 0.620. The van der Waals surface area contributed by atoms with Crippen LogP contribution in [0.2, 0.25) is 0 Å². The first-order valence-corrected chi connectivity index (χ1v) is 6.75. The van der Waals surface area contributed by atoms with Crippen molar-refractivity contribution in [1.29, 1.82) is 0 Å². The van der Waals surface area contributed by atoms with E-state index in [2.05, 4.69) is 5.32 Å². The third kappa shape index (κ3) is 3.99. The number of amides is 1. The molecule has 4 heteroatoms. The molecular formula is C17H19NO3. The number of phenolic OH excluding ortho intramolecular Hbond substituents is 1. The zero-order valence-electron chi connectivity index (χ0n) is 12.4. The minimum atomic E-state index is -0.234. The van der Waals surface area contributed by atoms with Crippen molar-refractivity contribution in [3.63, 3.8) is 0 Å². The molecule has 4 nitrogen and oxygen atoms in total. The highest BCUT2D eigenvalue weighted by Gasteiger charge is 2.07. The highest BCUT2D eigenvalue weighted by molar-refractivity contribution is 5.92. The van der Waals surface area contributed by atoms with Crippen molar-refractivity contribution in [2.45, 2.75) is 20.8 Å². The number of nitrogens with one attached hydrogen (secondary N) is 1. The minimum Gasteiger partial charge on any atom is -0.508 e. The fraction of sp³-hybridized carbons (Fsp3) is 0.235. The number of carbonyl (C=O) groups excluding carboxylic acids is 1. The average molecular weight is 285 g/mol. The summed E-state index contributed by atoms with van der Waals surface area (Å²) in [6, 6.07) is 10.5. The molecule has 0 atom stereocenters. The molecule has 0 heterocycles. The summed E-state index contributed by atoms with van der Waals surface area (Å²) < 4.78 is 5.48. The van der Waals surface area contributed by atoms with E-state index >= 15 is 0 Å². The number of ether oxygens (including phenoxy) is 1. The average Bonchev–Trinajstić information content (AvgIpc) is 2.43. The molecule has 0 bridgehead atoms. The van der Waals surface area contributed by atoms with Crippen LogP contribution in [0.25, 0.3) is 0 Å². The standard InChI is InChI=1S/C17H19NO3/c1-11-4-6-15(9-12(11)2)21-10-17(20)18-16-7-5-14(19)8-13(16)3/h4-9,19H,10H2,1-3H3,(H,18,20). The van der Waals surface area contributed by atoms with Gasteiger partial charge in [0.2, 0.25) is 0 Å². The van der Waals surface area contributed by atoms with Crippen LogP contribution in [0.5, 0.6) is 11.5 Å². The first kappa shape index (κ1) is 14.9. The smallest absolute Gasteiger partial charge is 0.262 e. The van der Waals surface area contributed by atoms with Crippen LogP contribution in [0.4, 0.5) is 5.69 Å². The van der Waals surface area contributed by atoms with E-state index in [1.54, 1.807) is 12.1 Å². The van der Waals surface area contributed by atoms with Gasteiger partial charge in [0.05, 0.1) is 0 Å². The Bertz CT molecular complexity index is 665. The summed E-state index contributed by atoms with van der Waals surface area (Å²) in [5.41, 5.74) is 3.78. The number of carbonyl (C=O) groups is 1. The topological polar surface area (TPSA) is 58.6 Å². The van der Waals surface area contributed by atoms with Crippen LogP contribution in [0, 0.1) is 20.8 Å². The number of aryl methyl sites for hydroxylation is 3. The largest absolute Gasteiger partial charge is 0.508 e. The molecule has 2 aromatic carbocycles. The summed E-state index contributed by atoms with van der Waals surface area (Å²) in [6.07, 6.45) is 0. The van der Waals surface area contributed by atoms with Gasteiger partial charge in [-0.1, -0.05) is 6.07 Å². The Labute approximate surface area is 124 Å². The van der Waals surface area contributed by atoms with Gasteiger partial charge in [-0.05, 0) is 67.8 Å². The van der Waals surface area contributed by atoms with E-state index in [-0.39, 0.29) is 18.3 Å². The van der Waals surface area contributed by atoms with Gasteiger partial charge in [0.25, 0.3) is 5.91 Å². The van der Waals surface area contributed by atoms with E-state index in [4.69, 9.17) is 4.74 Å². The Morgan fingerprint density at radius 1 is 1.05 bits per heavy atom. The SMILES string of the molecule is Cc1ccc(OCC(=O)Nc2ccc(O)cc2C)cc1C. The molecule has 2 N–H and O–H groups in total. The number of benzene rings is 2. The summed E-state index contributed by atoms with van der Waals surface area (Å²) in [6.45, 7) is 5.80. The predicted octanol–water partition coefficient (Wildman–Crippen LogP) is 3.33. The van der Waals surface area contributed by atoms with Gasteiger partial charge in [-0.3, -0.25) is 4.79 Å². The lowest BCUT2D eigenvalue weighted by Crippen LogP contribution is -2.20. The van der Waals surface area contributed by atoms with Gasteiger partial charge in [-0.15, -0.1) is 0 Å². The number of anilines is 1. The Kier molecular flexibility index (Phi) is 4.48. The summed E-state index contributed by atoms with van der Waals surface area (Å²) in [4.78, 5) is 11.9. The molecule has 0 spiro atoms. The molecule has 2 rings (SSSR count). The Hall–Kier alpha value is -2.49. The van der Waals surface area contributed by atoms with Crippen molar-refractivity contribution >= 4 is 11.6 Å². The fourth-order valence-corrected chi connectivity index (χ4v) is 1.93. The molecule has 2 aromatic rings. The molecule has 0 aliphatic carbocycles. The normalized spacial score (nSPS) is 10.2. The second-order valence-corrected chi connectivity index (χ2v) is 5.08. The van der Waals surface area contributed by atoms with E-state index < -0.39 is 0 Å². The van der Waals surface area contributed by atoms with Crippen molar-refractivity contribution in [2.24, 2.45) is 0 Å². The van der Waals surface area contributed by atoms with E-state index in [0.717, 1.165) is 11.1 Å². The molecule has 21 heavy (non-hydrogen) atoms. The van der Waals surface area contributed by atoms with Gasteiger partial charge >= 0.3 is 0 Å². The Morgan fingerprint density at radius 3 is 2.48 bits per heavy atom. The highest BCUT2D eigenvalue weighted by Crippen LogP contribution is 2.20. The molecule has 0 radical (unpaired) electrons. The maximum atomic E-state index is 11.9. The van der Waals surface area contributed by atoms with Gasteiger partial charge in [0.15, 0.2) is 6.61 Å². The first-order chi connectivity index (χ1) is 9.95. The van der Waals surface area contributed by atoms with Crippen molar-refractivity contribution in [3.05, 3.63) is 53.1 Å². The molecule has 0 aliphatic heterocycles. The molecule has 0 aromatic heterocycles.